The van der Waals surface area contributed by atoms with Crippen LogP contribution >= 0.6 is 0 Å². The molecule has 1 heterocycles. The van der Waals surface area contributed by atoms with E-state index in [9.17, 15) is 9.90 Å². The van der Waals surface area contributed by atoms with Gasteiger partial charge in [-0.05, 0) is 38.0 Å². The molecule has 1 saturated heterocycles. The second-order valence-corrected chi connectivity index (χ2v) is 9.30. The number of rotatable bonds is 2. The molecule has 1 N–H and O–H groups in total. The summed E-state index contributed by atoms with van der Waals surface area (Å²) >= 11 is 0. The van der Waals surface area contributed by atoms with Crippen LogP contribution in [0.15, 0.2) is 11.6 Å². The predicted octanol–water partition coefficient (Wildman–Crippen LogP) is 2.86. The molecule has 5 nitrogen and oxygen atoms in total. The Balaban J connectivity index is 1.65. The van der Waals surface area contributed by atoms with Gasteiger partial charge in [0.15, 0.2) is 0 Å². The van der Waals surface area contributed by atoms with Gasteiger partial charge in [0.25, 0.3) is 0 Å². The average molecular weight is 364 g/mol. The van der Waals surface area contributed by atoms with E-state index in [4.69, 9.17) is 14.2 Å². The maximum Gasteiger partial charge on any atom is 0.302 e. The SMILES string of the molecule is CO[C@H]1CC[C@@]2(C)C(=C[C@H](O)C3C4CCC(OC(C)=O)[C@@]4(C)COC32)C1. The summed E-state index contributed by atoms with van der Waals surface area (Å²) in [5.74, 6) is 0.160. The van der Waals surface area contributed by atoms with Crippen molar-refractivity contribution in [1.82, 2.24) is 0 Å². The molecule has 5 heteroatoms. The number of fused-ring (bicyclic) bond motifs is 5. The highest BCUT2D eigenvalue weighted by Crippen LogP contribution is 2.60. The molecule has 4 rings (SSSR count). The van der Waals surface area contributed by atoms with E-state index in [2.05, 4.69) is 19.9 Å². The fourth-order valence-electron chi connectivity index (χ4n) is 6.38. The summed E-state index contributed by atoms with van der Waals surface area (Å²) in [6.45, 7) is 6.54. The molecule has 0 bridgehead atoms. The average Bonchev–Trinajstić information content (AvgIpc) is 2.91. The van der Waals surface area contributed by atoms with Gasteiger partial charge in [-0.3, -0.25) is 4.79 Å². The van der Waals surface area contributed by atoms with Crippen molar-refractivity contribution in [3.63, 3.8) is 0 Å². The van der Waals surface area contributed by atoms with Crippen molar-refractivity contribution in [2.75, 3.05) is 13.7 Å². The van der Waals surface area contributed by atoms with Crippen molar-refractivity contribution in [3.8, 4) is 0 Å². The van der Waals surface area contributed by atoms with Crippen molar-refractivity contribution in [1.29, 1.82) is 0 Å². The van der Waals surface area contributed by atoms with Gasteiger partial charge in [0.1, 0.15) is 6.10 Å². The molecule has 0 spiro atoms. The number of methoxy groups -OCH3 is 1. The minimum absolute atomic E-state index is 0.0280. The molecule has 0 aromatic heterocycles. The highest BCUT2D eigenvalue weighted by atomic mass is 16.5. The lowest BCUT2D eigenvalue weighted by molar-refractivity contribution is -0.212. The summed E-state index contributed by atoms with van der Waals surface area (Å²) in [6.07, 6.45) is 6.54. The fraction of sp³-hybridized carbons (Fsp3) is 0.857. The van der Waals surface area contributed by atoms with Crippen molar-refractivity contribution >= 4 is 5.97 Å². The van der Waals surface area contributed by atoms with Crippen LogP contribution in [-0.4, -0.2) is 49.2 Å². The van der Waals surface area contributed by atoms with Gasteiger partial charge in [-0.25, -0.2) is 0 Å². The number of hydrogen-bond acceptors (Lipinski definition) is 5. The van der Waals surface area contributed by atoms with Crippen molar-refractivity contribution in [3.05, 3.63) is 11.6 Å². The summed E-state index contributed by atoms with van der Waals surface area (Å²) in [6, 6.07) is 0. The molecule has 0 radical (unpaired) electrons. The minimum Gasteiger partial charge on any atom is -0.462 e. The molecule has 1 aliphatic heterocycles. The molecular formula is C21H32O5. The van der Waals surface area contributed by atoms with E-state index in [1.807, 2.05) is 0 Å². The normalized spacial score (nSPS) is 50.3. The number of aliphatic hydroxyl groups excluding tert-OH is 1. The lowest BCUT2D eigenvalue weighted by Crippen LogP contribution is -2.61. The lowest BCUT2D eigenvalue weighted by Gasteiger charge is -2.58. The van der Waals surface area contributed by atoms with Gasteiger partial charge in [-0.15, -0.1) is 0 Å². The van der Waals surface area contributed by atoms with Crippen molar-refractivity contribution in [2.45, 2.75) is 77.3 Å². The third kappa shape index (κ3) is 2.58. The van der Waals surface area contributed by atoms with Gasteiger partial charge in [0.2, 0.25) is 0 Å². The van der Waals surface area contributed by atoms with Gasteiger partial charge < -0.3 is 19.3 Å². The summed E-state index contributed by atoms with van der Waals surface area (Å²) in [5, 5.41) is 11.0. The third-order valence-electron chi connectivity index (χ3n) is 7.91. The second-order valence-electron chi connectivity index (χ2n) is 9.30. The topological polar surface area (TPSA) is 65.0 Å². The second kappa shape index (κ2) is 6.32. The highest BCUT2D eigenvalue weighted by Gasteiger charge is 2.62. The fourth-order valence-corrected chi connectivity index (χ4v) is 6.38. The molecule has 146 valence electrons. The minimum atomic E-state index is -0.501. The molecule has 0 aromatic carbocycles. The Morgan fingerprint density at radius 2 is 2.08 bits per heavy atom. The van der Waals surface area contributed by atoms with E-state index in [-0.39, 0.29) is 41.0 Å². The van der Waals surface area contributed by atoms with Gasteiger partial charge in [-0.2, -0.15) is 0 Å². The van der Waals surface area contributed by atoms with Crippen molar-refractivity contribution in [2.24, 2.45) is 22.7 Å². The lowest BCUT2D eigenvalue weighted by atomic mass is 9.54. The van der Waals surface area contributed by atoms with E-state index in [1.165, 1.54) is 12.5 Å². The number of carbonyl (C=O) groups is 1. The smallest absolute Gasteiger partial charge is 0.302 e. The van der Waals surface area contributed by atoms with Crippen LogP contribution in [0.25, 0.3) is 0 Å². The first-order chi connectivity index (χ1) is 12.3. The summed E-state index contributed by atoms with van der Waals surface area (Å²) in [4.78, 5) is 11.5. The van der Waals surface area contributed by atoms with Crippen LogP contribution in [0.4, 0.5) is 0 Å². The first-order valence-electron chi connectivity index (χ1n) is 10.0. The number of aliphatic hydroxyl groups is 1. The molecule has 3 fully saturated rings. The monoisotopic (exact) mass is 364 g/mol. The molecule has 0 amide bonds. The Labute approximate surface area is 156 Å². The van der Waals surface area contributed by atoms with Gasteiger partial charge >= 0.3 is 5.97 Å². The first kappa shape index (κ1) is 18.5. The molecule has 2 saturated carbocycles. The van der Waals surface area contributed by atoms with E-state index in [1.54, 1.807) is 7.11 Å². The molecular weight excluding hydrogens is 332 g/mol. The Hall–Kier alpha value is -0.910. The zero-order valence-corrected chi connectivity index (χ0v) is 16.4. The maximum absolute atomic E-state index is 11.5. The first-order valence-corrected chi connectivity index (χ1v) is 10.0. The highest BCUT2D eigenvalue weighted by molar-refractivity contribution is 5.66. The van der Waals surface area contributed by atoms with Crippen LogP contribution in [0.2, 0.25) is 0 Å². The quantitative estimate of drug-likeness (QED) is 0.603. The number of ether oxygens (including phenoxy) is 3. The number of hydrogen-bond donors (Lipinski definition) is 1. The molecule has 4 aliphatic rings. The molecule has 8 atom stereocenters. The number of esters is 1. The maximum atomic E-state index is 11.5. The van der Waals surface area contributed by atoms with E-state index in [0.717, 1.165) is 32.1 Å². The van der Waals surface area contributed by atoms with Gasteiger partial charge in [0, 0.05) is 30.8 Å². The molecule has 3 aliphatic carbocycles. The largest absolute Gasteiger partial charge is 0.462 e. The summed E-state index contributed by atoms with van der Waals surface area (Å²) in [7, 11) is 1.77. The van der Waals surface area contributed by atoms with Crippen LogP contribution in [0.5, 0.6) is 0 Å². The predicted molar refractivity (Wildman–Crippen MR) is 96.5 cm³/mol. The van der Waals surface area contributed by atoms with Crippen LogP contribution in [0.3, 0.4) is 0 Å². The van der Waals surface area contributed by atoms with Crippen LogP contribution in [0.1, 0.15) is 52.9 Å². The zero-order valence-electron chi connectivity index (χ0n) is 16.4. The van der Waals surface area contributed by atoms with Crippen LogP contribution in [0, 0.1) is 22.7 Å². The molecule has 4 unspecified atom stereocenters. The number of carbonyl (C=O) groups excluding carboxylic acids is 1. The van der Waals surface area contributed by atoms with Crippen LogP contribution < -0.4 is 0 Å². The molecule has 0 aromatic rings. The van der Waals surface area contributed by atoms with Crippen LogP contribution in [-0.2, 0) is 19.0 Å². The Morgan fingerprint density at radius 1 is 1.31 bits per heavy atom. The summed E-state index contributed by atoms with van der Waals surface area (Å²) < 4.78 is 17.7. The van der Waals surface area contributed by atoms with Gasteiger partial charge in [0.05, 0.1) is 24.9 Å². The Bertz CT molecular complexity index is 616. The zero-order chi connectivity index (χ0) is 18.7. The van der Waals surface area contributed by atoms with E-state index in [0.29, 0.717) is 12.5 Å². The summed E-state index contributed by atoms with van der Waals surface area (Å²) in [5.41, 5.74) is 1.06. The Kier molecular flexibility index (Phi) is 4.48. The molecule has 26 heavy (non-hydrogen) atoms. The van der Waals surface area contributed by atoms with Gasteiger partial charge in [-0.1, -0.05) is 25.5 Å². The standard InChI is InChI=1S/C21H32O5/c1-12(22)26-17-6-5-15-18-16(23)10-13-9-14(24-4)7-8-20(13,2)19(18)25-11-21(15,17)3/h10,14-19,23H,5-9,11H2,1-4H3/t14-,15?,16-,17?,18?,19?,20-,21-/m0/s1. The van der Waals surface area contributed by atoms with E-state index >= 15 is 0 Å². The van der Waals surface area contributed by atoms with E-state index < -0.39 is 6.10 Å². The van der Waals surface area contributed by atoms with Crippen molar-refractivity contribution < 1.29 is 24.1 Å². The Morgan fingerprint density at radius 3 is 2.77 bits per heavy atom. The third-order valence-corrected chi connectivity index (χ3v) is 7.91.